The van der Waals surface area contributed by atoms with Gasteiger partial charge in [0.05, 0.1) is 25.4 Å². The number of aliphatic hydroxyl groups is 2. The van der Waals surface area contributed by atoms with Crippen LogP contribution in [-0.4, -0.2) is 47.4 Å². The molecule has 0 fully saturated rings. The first-order chi connectivity index (χ1) is 29.5. The van der Waals surface area contributed by atoms with E-state index in [4.69, 9.17) is 4.74 Å². The lowest BCUT2D eigenvalue weighted by Gasteiger charge is -2.22. The van der Waals surface area contributed by atoms with E-state index in [9.17, 15) is 19.8 Å². The van der Waals surface area contributed by atoms with Crippen molar-refractivity contribution < 1.29 is 24.5 Å². The number of hydrogen-bond donors (Lipinski definition) is 3. The highest BCUT2D eigenvalue weighted by molar-refractivity contribution is 5.76. The fourth-order valence-corrected chi connectivity index (χ4v) is 8.10. The van der Waals surface area contributed by atoms with Crippen molar-refractivity contribution in [1.29, 1.82) is 0 Å². The predicted molar refractivity (Wildman–Crippen MR) is 260 cm³/mol. The third-order valence-electron chi connectivity index (χ3n) is 12.2. The summed E-state index contributed by atoms with van der Waals surface area (Å²) in [5.74, 6) is -0.0516. The summed E-state index contributed by atoms with van der Waals surface area (Å²) < 4.78 is 5.46. The summed E-state index contributed by atoms with van der Waals surface area (Å²) in [6.45, 7) is 4.91. The smallest absolute Gasteiger partial charge is 0.305 e. The van der Waals surface area contributed by atoms with E-state index in [1.165, 1.54) is 205 Å². The van der Waals surface area contributed by atoms with E-state index in [1.807, 2.05) is 0 Å². The number of hydrogen-bond acceptors (Lipinski definition) is 5. The van der Waals surface area contributed by atoms with Crippen LogP contribution in [0.25, 0.3) is 0 Å². The molecule has 3 N–H and O–H groups in total. The number of carbonyl (C=O) groups is 2. The summed E-state index contributed by atoms with van der Waals surface area (Å²) in [4.78, 5) is 24.4. The third-order valence-corrected chi connectivity index (χ3v) is 12.2. The summed E-state index contributed by atoms with van der Waals surface area (Å²) in [6.07, 6.45) is 58.7. The van der Waals surface area contributed by atoms with Gasteiger partial charge in [0.2, 0.25) is 5.91 Å². The number of nitrogens with one attached hydrogen (secondary N) is 1. The van der Waals surface area contributed by atoms with E-state index >= 15 is 0 Å². The molecule has 0 radical (unpaired) electrons. The standard InChI is InChI=1S/C54H103NO5/c1-3-5-7-9-11-13-15-16-25-28-32-36-40-44-48-54(59)60-49-45-41-37-33-29-26-23-21-19-17-18-20-22-24-27-31-35-39-43-47-53(58)55-51(50-56)52(57)46-42-38-34-30-14-12-10-8-6-4-2/h15-18,51-52,56-57H,3-14,19-50H2,1-2H3,(H,55,58)/b16-15-,18-17-. The van der Waals surface area contributed by atoms with E-state index in [2.05, 4.69) is 43.5 Å². The number of ether oxygens (including phenoxy) is 1. The van der Waals surface area contributed by atoms with Gasteiger partial charge in [-0.25, -0.2) is 0 Å². The van der Waals surface area contributed by atoms with Crippen LogP contribution < -0.4 is 5.32 Å². The maximum atomic E-state index is 12.4. The first-order valence-electron chi connectivity index (χ1n) is 26.6. The molecule has 0 heterocycles. The molecule has 2 atom stereocenters. The van der Waals surface area contributed by atoms with Crippen LogP contribution in [0.2, 0.25) is 0 Å². The monoisotopic (exact) mass is 846 g/mol. The fourth-order valence-electron chi connectivity index (χ4n) is 8.10. The van der Waals surface area contributed by atoms with Crippen molar-refractivity contribution in [1.82, 2.24) is 5.32 Å². The van der Waals surface area contributed by atoms with Crippen LogP contribution in [0.5, 0.6) is 0 Å². The van der Waals surface area contributed by atoms with Crippen LogP contribution >= 0.6 is 0 Å². The molecular weight excluding hydrogens is 743 g/mol. The lowest BCUT2D eigenvalue weighted by atomic mass is 10.0. The quantitative estimate of drug-likeness (QED) is 0.0322. The minimum absolute atomic E-state index is 0.00494. The fraction of sp³-hybridized carbons (Fsp3) is 0.889. The molecule has 0 saturated heterocycles. The van der Waals surface area contributed by atoms with E-state index in [0.29, 0.717) is 25.9 Å². The normalized spacial score (nSPS) is 12.8. The highest BCUT2D eigenvalue weighted by Gasteiger charge is 2.20. The van der Waals surface area contributed by atoms with Gasteiger partial charge in [0.15, 0.2) is 0 Å². The molecule has 0 aromatic carbocycles. The maximum absolute atomic E-state index is 12.4. The number of amides is 1. The van der Waals surface area contributed by atoms with Gasteiger partial charge >= 0.3 is 5.97 Å². The number of aliphatic hydroxyl groups excluding tert-OH is 2. The second-order valence-electron chi connectivity index (χ2n) is 18.2. The molecule has 2 unspecified atom stereocenters. The summed E-state index contributed by atoms with van der Waals surface area (Å²) >= 11 is 0. The molecule has 0 bridgehead atoms. The SMILES string of the molecule is CCCCCCC/C=C\CCCCCCCC(=O)OCCCCCCCCCC/C=C\CCCCCCCCCC(=O)NC(CO)C(O)CCCCCCCCCCCC. The largest absolute Gasteiger partial charge is 0.466 e. The zero-order valence-corrected chi connectivity index (χ0v) is 40.2. The zero-order valence-electron chi connectivity index (χ0n) is 40.2. The number of carbonyl (C=O) groups excluding carboxylic acids is 2. The molecule has 354 valence electrons. The molecule has 0 aliphatic carbocycles. The van der Waals surface area contributed by atoms with E-state index in [-0.39, 0.29) is 18.5 Å². The van der Waals surface area contributed by atoms with Crippen LogP contribution in [0, 0.1) is 0 Å². The van der Waals surface area contributed by atoms with Crippen LogP contribution in [0.1, 0.15) is 284 Å². The molecule has 0 aliphatic rings. The molecular formula is C54H103NO5. The van der Waals surface area contributed by atoms with Gasteiger partial charge in [-0.1, -0.05) is 218 Å². The Kier molecular flexibility index (Phi) is 48.6. The molecule has 0 aromatic heterocycles. The van der Waals surface area contributed by atoms with Crippen LogP contribution in [-0.2, 0) is 14.3 Å². The Hall–Kier alpha value is -1.66. The summed E-state index contributed by atoms with van der Waals surface area (Å²) in [5, 5.41) is 23.1. The van der Waals surface area contributed by atoms with Crippen molar-refractivity contribution in [2.45, 2.75) is 296 Å². The number of unbranched alkanes of at least 4 members (excludes halogenated alkanes) is 34. The van der Waals surface area contributed by atoms with Crippen molar-refractivity contribution >= 4 is 11.9 Å². The Bertz CT molecular complexity index is 935. The van der Waals surface area contributed by atoms with E-state index < -0.39 is 12.1 Å². The Labute approximate surface area is 373 Å². The summed E-state index contributed by atoms with van der Waals surface area (Å²) in [6, 6.07) is -0.546. The Morgan fingerprint density at radius 2 is 0.783 bits per heavy atom. The van der Waals surface area contributed by atoms with Crippen molar-refractivity contribution in [3.8, 4) is 0 Å². The molecule has 0 aliphatic heterocycles. The van der Waals surface area contributed by atoms with E-state index in [0.717, 1.165) is 44.9 Å². The maximum Gasteiger partial charge on any atom is 0.305 e. The molecule has 6 nitrogen and oxygen atoms in total. The second kappa shape index (κ2) is 50.0. The van der Waals surface area contributed by atoms with Crippen LogP contribution in [0.4, 0.5) is 0 Å². The van der Waals surface area contributed by atoms with Gasteiger partial charge < -0.3 is 20.3 Å². The lowest BCUT2D eigenvalue weighted by molar-refractivity contribution is -0.143. The highest BCUT2D eigenvalue weighted by Crippen LogP contribution is 2.16. The van der Waals surface area contributed by atoms with Crippen molar-refractivity contribution in [3.05, 3.63) is 24.3 Å². The molecule has 6 heteroatoms. The van der Waals surface area contributed by atoms with Crippen LogP contribution in [0.15, 0.2) is 24.3 Å². The number of allylic oxidation sites excluding steroid dienone is 4. The molecule has 60 heavy (non-hydrogen) atoms. The summed E-state index contributed by atoms with van der Waals surface area (Å²) in [5.41, 5.74) is 0. The first-order valence-corrected chi connectivity index (χ1v) is 26.6. The molecule has 0 spiro atoms. The summed E-state index contributed by atoms with van der Waals surface area (Å²) in [7, 11) is 0. The second-order valence-corrected chi connectivity index (χ2v) is 18.2. The van der Waals surface area contributed by atoms with Gasteiger partial charge in [0, 0.05) is 12.8 Å². The predicted octanol–water partition coefficient (Wildman–Crippen LogP) is 15.9. The van der Waals surface area contributed by atoms with Crippen molar-refractivity contribution in [2.75, 3.05) is 13.2 Å². The minimum atomic E-state index is -0.668. The topological polar surface area (TPSA) is 95.9 Å². The highest BCUT2D eigenvalue weighted by atomic mass is 16.5. The van der Waals surface area contributed by atoms with Crippen molar-refractivity contribution in [3.63, 3.8) is 0 Å². The Morgan fingerprint density at radius 3 is 1.18 bits per heavy atom. The minimum Gasteiger partial charge on any atom is -0.466 e. The Balaban J connectivity index is 3.42. The van der Waals surface area contributed by atoms with Gasteiger partial charge in [-0.05, 0) is 77.0 Å². The van der Waals surface area contributed by atoms with Gasteiger partial charge in [-0.3, -0.25) is 9.59 Å². The van der Waals surface area contributed by atoms with Gasteiger partial charge in [-0.15, -0.1) is 0 Å². The van der Waals surface area contributed by atoms with E-state index in [1.54, 1.807) is 0 Å². The average molecular weight is 846 g/mol. The number of rotatable bonds is 49. The van der Waals surface area contributed by atoms with Gasteiger partial charge in [0.1, 0.15) is 0 Å². The van der Waals surface area contributed by atoms with Gasteiger partial charge in [0.25, 0.3) is 0 Å². The molecule has 0 rings (SSSR count). The zero-order chi connectivity index (χ0) is 43.7. The number of esters is 1. The third kappa shape index (κ3) is 45.9. The van der Waals surface area contributed by atoms with Crippen molar-refractivity contribution in [2.24, 2.45) is 0 Å². The average Bonchev–Trinajstić information content (AvgIpc) is 3.25. The lowest BCUT2D eigenvalue weighted by Crippen LogP contribution is -2.45. The molecule has 1 amide bonds. The molecule has 0 saturated carbocycles. The molecule has 0 aromatic rings. The Morgan fingerprint density at radius 1 is 0.450 bits per heavy atom. The van der Waals surface area contributed by atoms with Crippen LogP contribution in [0.3, 0.4) is 0 Å². The first kappa shape index (κ1) is 58.3. The van der Waals surface area contributed by atoms with Gasteiger partial charge in [-0.2, -0.15) is 0 Å².